The Bertz CT molecular complexity index is 1000. The first-order chi connectivity index (χ1) is 15.1. The van der Waals surface area contributed by atoms with Gasteiger partial charge in [0, 0.05) is 30.3 Å². The largest absolute Gasteiger partial charge is 0.376 e. The molecular weight excluding hydrogens is 432 g/mol. The Morgan fingerprint density at radius 1 is 1.23 bits per heavy atom. The van der Waals surface area contributed by atoms with Gasteiger partial charge in [-0.1, -0.05) is 53.7 Å². The third-order valence-electron chi connectivity index (χ3n) is 5.17. The first-order valence-corrected chi connectivity index (χ1v) is 11.7. The van der Waals surface area contributed by atoms with Gasteiger partial charge in [-0.2, -0.15) is 0 Å². The summed E-state index contributed by atoms with van der Waals surface area (Å²) in [5, 5.41) is 12.9. The van der Waals surface area contributed by atoms with Gasteiger partial charge >= 0.3 is 0 Å². The highest BCUT2D eigenvalue weighted by Gasteiger charge is 2.23. The minimum absolute atomic E-state index is 0.0317. The van der Waals surface area contributed by atoms with Crippen LogP contribution in [-0.2, 0) is 16.0 Å². The maximum Gasteiger partial charge on any atom is 0.233 e. The number of halogens is 1. The molecule has 2 aromatic carbocycles. The van der Waals surface area contributed by atoms with E-state index in [0.29, 0.717) is 23.1 Å². The number of nitrogens with zero attached hydrogens (tertiary/aromatic N) is 3. The number of ether oxygens (including phenoxy) is 1. The Balaban J connectivity index is 1.53. The van der Waals surface area contributed by atoms with Crippen LogP contribution in [0.15, 0.2) is 59.8 Å². The van der Waals surface area contributed by atoms with Gasteiger partial charge < -0.3 is 10.1 Å². The van der Waals surface area contributed by atoms with Crippen LogP contribution in [0.3, 0.4) is 0 Å². The van der Waals surface area contributed by atoms with E-state index >= 15 is 0 Å². The molecule has 1 N–H and O–H groups in total. The summed E-state index contributed by atoms with van der Waals surface area (Å²) in [6, 6.07) is 17.7. The second-order valence-electron chi connectivity index (χ2n) is 7.51. The lowest BCUT2D eigenvalue weighted by atomic mass is 10.1. The zero-order valence-electron chi connectivity index (χ0n) is 17.3. The van der Waals surface area contributed by atoms with Crippen LogP contribution in [0.5, 0.6) is 0 Å². The normalized spacial score (nSPS) is 16.9. The number of thioether (sulfide) groups is 1. The van der Waals surface area contributed by atoms with Crippen LogP contribution in [0, 0.1) is 0 Å². The maximum atomic E-state index is 12.6. The van der Waals surface area contributed by atoms with E-state index < -0.39 is 0 Å². The highest BCUT2D eigenvalue weighted by molar-refractivity contribution is 8.00. The molecule has 0 spiro atoms. The molecule has 1 aliphatic rings. The molecule has 0 bridgehead atoms. The second kappa shape index (κ2) is 10.3. The fourth-order valence-corrected chi connectivity index (χ4v) is 4.53. The van der Waals surface area contributed by atoms with Gasteiger partial charge in [0.25, 0.3) is 0 Å². The third-order valence-corrected chi connectivity index (χ3v) is 6.46. The van der Waals surface area contributed by atoms with Crippen LogP contribution in [0.4, 0.5) is 0 Å². The summed E-state index contributed by atoms with van der Waals surface area (Å²) < 4.78 is 7.59. The van der Waals surface area contributed by atoms with Crippen molar-refractivity contribution in [1.82, 2.24) is 20.1 Å². The van der Waals surface area contributed by atoms with Crippen molar-refractivity contribution in [3.63, 3.8) is 0 Å². The number of carbonyl (C=O) groups excluding carboxylic acids is 1. The molecule has 31 heavy (non-hydrogen) atoms. The van der Waals surface area contributed by atoms with Crippen molar-refractivity contribution in [3.8, 4) is 5.69 Å². The first kappa shape index (κ1) is 21.9. The molecule has 162 valence electrons. The predicted octanol–water partition coefficient (Wildman–Crippen LogP) is 4.29. The van der Waals surface area contributed by atoms with Crippen molar-refractivity contribution in [2.45, 2.75) is 42.7 Å². The van der Waals surface area contributed by atoms with Gasteiger partial charge in [0.2, 0.25) is 5.91 Å². The van der Waals surface area contributed by atoms with Gasteiger partial charge in [-0.15, -0.1) is 10.2 Å². The van der Waals surface area contributed by atoms with Gasteiger partial charge in [0.1, 0.15) is 5.82 Å². The fraction of sp³-hybridized carbons (Fsp3) is 0.348. The van der Waals surface area contributed by atoms with Crippen molar-refractivity contribution in [1.29, 1.82) is 0 Å². The smallest absolute Gasteiger partial charge is 0.233 e. The Labute approximate surface area is 191 Å². The van der Waals surface area contributed by atoms with Gasteiger partial charge in [0.15, 0.2) is 5.16 Å². The number of benzene rings is 2. The molecule has 2 heterocycles. The van der Waals surface area contributed by atoms with E-state index in [4.69, 9.17) is 16.3 Å². The summed E-state index contributed by atoms with van der Waals surface area (Å²) >= 11 is 7.48. The molecule has 1 fully saturated rings. The van der Waals surface area contributed by atoms with Gasteiger partial charge in [0.05, 0.1) is 11.4 Å². The molecule has 1 amide bonds. The van der Waals surface area contributed by atoms with Gasteiger partial charge in [-0.3, -0.25) is 9.36 Å². The molecule has 0 saturated carbocycles. The topological polar surface area (TPSA) is 69.0 Å². The molecule has 8 heteroatoms. The maximum absolute atomic E-state index is 12.6. The number of carbonyl (C=O) groups is 1. The Morgan fingerprint density at radius 3 is 2.71 bits per heavy atom. The molecule has 6 nitrogen and oxygen atoms in total. The van der Waals surface area contributed by atoms with Crippen LogP contribution in [-0.4, -0.2) is 45.2 Å². The average molecular weight is 457 g/mol. The van der Waals surface area contributed by atoms with Crippen molar-refractivity contribution in [2.24, 2.45) is 0 Å². The number of hydrogen-bond acceptors (Lipinski definition) is 5. The van der Waals surface area contributed by atoms with Crippen molar-refractivity contribution in [3.05, 3.63) is 71.0 Å². The summed E-state index contributed by atoms with van der Waals surface area (Å²) in [5.41, 5.74) is 2.05. The fourth-order valence-electron chi connectivity index (χ4n) is 3.49. The van der Waals surface area contributed by atoms with Crippen LogP contribution in [0.1, 0.15) is 31.2 Å². The Hall–Kier alpha value is -2.35. The molecular formula is C23H25ClN4O2S. The zero-order chi connectivity index (χ0) is 21.6. The van der Waals surface area contributed by atoms with E-state index in [9.17, 15) is 4.79 Å². The van der Waals surface area contributed by atoms with Crippen molar-refractivity contribution < 1.29 is 9.53 Å². The minimum Gasteiger partial charge on any atom is -0.376 e. The SMILES string of the molecule is C[C@@H](Sc1nnc(Cc2ccccc2)n1-c1ccc(Cl)cc1)C(=O)NC[C@H]1CCCO1. The van der Waals surface area contributed by atoms with E-state index in [0.717, 1.165) is 36.5 Å². The van der Waals surface area contributed by atoms with E-state index in [1.54, 1.807) is 0 Å². The second-order valence-corrected chi connectivity index (χ2v) is 9.26. The van der Waals surface area contributed by atoms with E-state index in [1.807, 2.05) is 54.0 Å². The molecule has 3 aromatic rings. The average Bonchev–Trinajstić information content (AvgIpc) is 3.44. The number of rotatable bonds is 8. The molecule has 0 aliphatic carbocycles. The van der Waals surface area contributed by atoms with Crippen molar-refractivity contribution >= 4 is 29.3 Å². The molecule has 1 aliphatic heterocycles. The predicted molar refractivity (Wildman–Crippen MR) is 123 cm³/mol. The lowest BCUT2D eigenvalue weighted by Gasteiger charge is -2.15. The van der Waals surface area contributed by atoms with Gasteiger partial charge in [-0.05, 0) is 49.6 Å². The summed E-state index contributed by atoms with van der Waals surface area (Å²) in [4.78, 5) is 12.6. The van der Waals surface area contributed by atoms with Crippen LogP contribution >= 0.6 is 23.4 Å². The number of aromatic nitrogens is 3. The van der Waals surface area contributed by atoms with Crippen LogP contribution < -0.4 is 5.32 Å². The lowest BCUT2D eigenvalue weighted by Crippen LogP contribution is -2.36. The van der Waals surface area contributed by atoms with E-state index in [-0.39, 0.29) is 17.3 Å². The Kier molecular flexibility index (Phi) is 7.27. The Morgan fingerprint density at radius 2 is 2.00 bits per heavy atom. The lowest BCUT2D eigenvalue weighted by molar-refractivity contribution is -0.120. The highest BCUT2D eigenvalue weighted by atomic mass is 35.5. The summed E-state index contributed by atoms with van der Waals surface area (Å²) in [7, 11) is 0. The van der Waals surface area contributed by atoms with E-state index in [1.165, 1.54) is 11.8 Å². The molecule has 4 rings (SSSR count). The third kappa shape index (κ3) is 5.67. The minimum atomic E-state index is -0.318. The van der Waals surface area contributed by atoms with Crippen molar-refractivity contribution in [2.75, 3.05) is 13.2 Å². The van der Waals surface area contributed by atoms with E-state index in [2.05, 4.69) is 27.6 Å². The summed E-state index contributed by atoms with van der Waals surface area (Å²) in [6.07, 6.45) is 2.81. The molecule has 1 saturated heterocycles. The van der Waals surface area contributed by atoms with Gasteiger partial charge in [-0.25, -0.2) is 0 Å². The zero-order valence-corrected chi connectivity index (χ0v) is 18.9. The molecule has 0 radical (unpaired) electrons. The standard InChI is InChI=1S/C23H25ClN4O2S/c1-16(22(29)25-15-20-8-5-13-30-20)31-23-27-26-21(14-17-6-3-2-4-7-17)28(23)19-11-9-18(24)10-12-19/h2-4,6-7,9-12,16,20H,5,8,13-15H2,1H3,(H,25,29)/t16-,20-/m1/s1. The summed E-state index contributed by atoms with van der Waals surface area (Å²) in [5.74, 6) is 0.777. The highest BCUT2D eigenvalue weighted by Crippen LogP contribution is 2.27. The summed E-state index contributed by atoms with van der Waals surface area (Å²) in [6.45, 7) is 3.21. The van der Waals surface area contributed by atoms with Crippen LogP contribution in [0.25, 0.3) is 5.69 Å². The first-order valence-electron chi connectivity index (χ1n) is 10.4. The number of hydrogen-bond donors (Lipinski definition) is 1. The quantitative estimate of drug-likeness (QED) is 0.512. The molecule has 0 unspecified atom stereocenters. The monoisotopic (exact) mass is 456 g/mol. The molecule has 1 aromatic heterocycles. The number of nitrogens with one attached hydrogen (secondary N) is 1. The molecule has 2 atom stereocenters. The number of amides is 1. The van der Waals surface area contributed by atoms with Crippen LogP contribution in [0.2, 0.25) is 5.02 Å².